The highest BCUT2D eigenvalue weighted by atomic mass is 16.5. The van der Waals surface area contributed by atoms with Gasteiger partial charge in [-0.25, -0.2) is 0 Å². The molecule has 0 bridgehead atoms. The first-order chi connectivity index (χ1) is 13.8. The zero-order chi connectivity index (χ0) is 20.3. The number of ether oxygens (including phenoxy) is 1. The second-order valence-corrected chi connectivity index (χ2v) is 9.29. The lowest BCUT2D eigenvalue weighted by molar-refractivity contribution is -0.150. The second-order valence-electron chi connectivity index (χ2n) is 9.29. The SMILES string of the molecule is CCCCCCCCCCC(CCCCCCCC)CC(=O)OC1CCCC1. The number of hydrogen-bond acceptors (Lipinski definition) is 2. The van der Waals surface area contributed by atoms with Crippen molar-refractivity contribution in [2.45, 2.75) is 155 Å². The van der Waals surface area contributed by atoms with Crippen molar-refractivity contribution in [3.63, 3.8) is 0 Å². The van der Waals surface area contributed by atoms with Gasteiger partial charge in [0.2, 0.25) is 0 Å². The Labute approximate surface area is 176 Å². The van der Waals surface area contributed by atoms with Crippen molar-refractivity contribution < 1.29 is 9.53 Å². The van der Waals surface area contributed by atoms with Crippen LogP contribution in [0.3, 0.4) is 0 Å². The van der Waals surface area contributed by atoms with Crippen molar-refractivity contribution in [1.82, 2.24) is 0 Å². The Kier molecular flexibility index (Phi) is 16.8. The highest BCUT2D eigenvalue weighted by Crippen LogP contribution is 2.25. The molecule has 0 amide bonds. The lowest BCUT2D eigenvalue weighted by Crippen LogP contribution is -2.18. The number of carbonyl (C=O) groups excluding carboxylic acids is 1. The summed E-state index contributed by atoms with van der Waals surface area (Å²) in [6.07, 6.45) is 27.0. The third-order valence-electron chi connectivity index (χ3n) is 6.49. The molecule has 1 aliphatic rings. The quantitative estimate of drug-likeness (QED) is 0.162. The number of unbranched alkanes of at least 4 members (excludes halogenated alkanes) is 12. The van der Waals surface area contributed by atoms with Crippen LogP contribution in [0.15, 0.2) is 0 Å². The highest BCUT2D eigenvalue weighted by molar-refractivity contribution is 5.69. The zero-order valence-corrected chi connectivity index (χ0v) is 19.3. The van der Waals surface area contributed by atoms with Crippen LogP contribution in [0.4, 0.5) is 0 Å². The standard InChI is InChI=1S/C26H50O2/c1-3-5-7-9-11-12-14-16-20-24(19-15-13-10-8-6-4-2)23-26(27)28-25-21-17-18-22-25/h24-25H,3-23H2,1-2H3. The number of hydrogen-bond donors (Lipinski definition) is 0. The first-order valence-corrected chi connectivity index (χ1v) is 13.0. The van der Waals surface area contributed by atoms with Gasteiger partial charge in [0, 0.05) is 6.42 Å². The van der Waals surface area contributed by atoms with Crippen LogP contribution in [0.2, 0.25) is 0 Å². The Morgan fingerprint density at radius 3 is 1.61 bits per heavy atom. The van der Waals surface area contributed by atoms with E-state index < -0.39 is 0 Å². The summed E-state index contributed by atoms with van der Waals surface area (Å²) in [4.78, 5) is 12.4. The summed E-state index contributed by atoms with van der Waals surface area (Å²) >= 11 is 0. The summed E-state index contributed by atoms with van der Waals surface area (Å²) < 4.78 is 5.74. The van der Waals surface area contributed by atoms with Crippen LogP contribution < -0.4 is 0 Å². The van der Waals surface area contributed by atoms with E-state index in [4.69, 9.17) is 4.74 Å². The maximum atomic E-state index is 12.4. The average Bonchev–Trinajstić information content (AvgIpc) is 3.19. The molecule has 1 aliphatic carbocycles. The van der Waals surface area contributed by atoms with Crippen LogP contribution in [-0.2, 0) is 9.53 Å². The summed E-state index contributed by atoms with van der Waals surface area (Å²) in [7, 11) is 0. The van der Waals surface area contributed by atoms with Gasteiger partial charge in [-0.3, -0.25) is 4.79 Å². The summed E-state index contributed by atoms with van der Waals surface area (Å²) in [5.74, 6) is 0.641. The van der Waals surface area contributed by atoms with Crippen molar-refractivity contribution in [2.24, 2.45) is 5.92 Å². The summed E-state index contributed by atoms with van der Waals surface area (Å²) in [6, 6.07) is 0. The predicted molar refractivity (Wildman–Crippen MR) is 122 cm³/mol. The summed E-state index contributed by atoms with van der Waals surface area (Å²) in [5.41, 5.74) is 0. The predicted octanol–water partition coefficient (Wildman–Crippen LogP) is 8.76. The topological polar surface area (TPSA) is 26.3 Å². The first-order valence-electron chi connectivity index (χ1n) is 13.0. The molecule has 0 aromatic rings. The average molecular weight is 395 g/mol. The molecule has 2 nitrogen and oxygen atoms in total. The van der Waals surface area contributed by atoms with Gasteiger partial charge in [-0.15, -0.1) is 0 Å². The maximum Gasteiger partial charge on any atom is 0.306 e. The fraction of sp³-hybridized carbons (Fsp3) is 0.962. The minimum absolute atomic E-state index is 0.0856. The molecular weight excluding hydrogens is 344 g/mol. The molecule has 1 unspecified atom stereocenters. The molecular formula is C26H50O2. The van der Waals surface area contributed by atoms with Gasteiger partial charge in [0.15, 0.2) is 0 Å². The van der Waals surface area contributed by atoms with Gasteiger partial charge in [0.25, 0.3) is 0 Å². The summed E-state index contributed by atoms with van der Waals surface area (Å²) in [6.45, 7) is 4.55. The van der Waals surface area contributed by atoms with E-state index >= 15 is 0 Å². The molecule has 2 heteroatoms. The van der Waals surface area contributed by atoms with E-state index in [-0.39, 0.29) is 12.1 Å². The van der Waals surface area contributed by atoms with E-state index in [0.717, 1.165) is 12.8 Å². The minimum Gasteiger partial charge on any atom is -0.462 e. The Morgan fingerprint density at radius 2 is 1.14 bits per heavy atom. The molecule has 1 fully saturated rings. The van der Waals surface area contributed by atoms with Crippen molar-refractivity contribution in [3.05, 3.63) is 0 Å². The lowest BCUT2D eigenvalue weighted by atomic mass is 9.91. The second kappa shape index (κ2) is 18.5. The van der Waals surface area contributed by atoms with Crippen LogP contribution in [0.25, 0.3) is 0 Å². The molecule has 0 saturated heterocycles. The molecule has 1 saturated carbocycles. The Bertz CT molecular complexity index is 346. The Morgan fingerprint density at radius 1 is 0.714 bits per heavy atom. The number of rotatable bonds is 19. The van der Waals surface area contributed by atoms with E-state index in [1.165, 1.54) is 116 Å². The van der Waals surface area contributed by atoms with E-state index in [1.54, 1.807) is 0 Å². The van der Waals surface area contributed by atoms with E-state index in [0.29, 0.717) is 12.3 Å². The van der Waals surface area contributed by atoms with Crippen LogP contribution in [0, 0.1) is 5.92 Å². The van der Waals surface area contributed by atoms with Crippen molar-refractivity contribution in [3.8, 4) is 0 Å². The van der Waals surface area contributed by atoms with Crippen LogP contribution in [-0.4, -0.2) is 12.1 Å². The highest BCUT2D eigenvalue weighted by Gasteiger charge is 2.21. The van der Waals surface area contributed by atoms with Gasteiger partial charge < -0.3 is 4.74 Å². The molecule has 28 heavy (non-hydrogen) atoms. The minimum atomic E-state index is 0.0856. The molecule has 166 valence electrons. The third-order valence-corrected chi connectivity index (χ3v) is 6.49. The number of esters is 1. The first kappa shape index (κ1) is 25.5. The fourth-order valence-electron chi connectivity index (χ4n) is 4.60. The molecule has 0 heterocycles. The largest absolute Gasteiger partial charge is 0.462 e. The normalized spacial score (nSPS) is 15.8. The molecule has 0 aromatic heterocycles. The van der Waals surface area contributed by atoms with E-state index in [9.17, 15) is 4.79 Å². The van der Waals surface area contributed by atoms with Crippen LogP contribution in [0.5, 0.6) is 0 Å². The van der Waals surface area contributed by atoms with Gasteiger partial charge in [0.05, 0.1) is 0 Å². The van der Waals surface area contributed by atoms with Gasteiger partial charge in [0.1, 0.15) is 6.10 Å². The molecule has 0 aliphatic heterocycles. The molecule has 1 rings (SSSR count). The van der Waals surface area contributed by atoms with E-state index in [1.807, 2.05) is 0 Å². The third kappa shape index (κ3) is 14.5. The van der Waals surface area contributed by atoms with Crippen molar-refractivity contribution in [1.29, 1.82) is 0 Å². The Balaban J connectivity index is 2.19. The smallest absolute Gasteiger partial charge is 0.306 e. The fourth-order valence-corrected chi connectivity index (χ4v) is 4.60. The van der Waals surface area contributed by atoms with Crippen molar-refractivity contribution in [2.75, 3.05) is 0 Å². The molecule has 1 atom stereocenters. The van der Waals surface area contributed by atoms with Crippen LogP contribution >= 0.6 is 0 Å². The zero-order valence-electron chi connectivity index (χ0n) is 19.3. The maximum absolute atomic E-state index is 12.4. The summed E-state index contributed by atoms with van der Waals surface area (Å²) in [5, 5.41) is 0. The van der Waals surface area contributed by atoms with Gasteiger partial charge in [-0.2, -0.15) is 0 Å². The molecule has 0 N–H and O–H groups in total. The van der Waals surface area contributed by atoms with Gasteiger partial charge in [-0.05, 0) is 44.4 Å². The molecule has 0 aromatic carbocycles. The lowest BCUT2D eigenvalue weighted by Gasteiger charge is -2.18. The van der Waals surface area contributed by atoms with Crippen LogP contribution in [0.1, 0.15) is 149 Å². The molecule has 0 radical (unpaired) electrons. The monoisotopic (exact) mass is 394 g/mol. The Hall–Kier alpha value is -0.530. The van der Waals surface area contributed by atoms with Crippen molar-refractivity contribution >= 4 is 5.97 Å². The number of carbonyl (C=O) groups is 1. The van der Waals surface area contributed by atoms with Gasteiger partial charge >= 0.3 is 5.97 Å². The molecule has 0 spiro atoms. The van der Waals surface area contributed by atoms with E-state index in [2.05, 4.69) is 13.8 Å². The van der Waals surface area contributed by atoms with Gasteiger partial charge in [-0.1, -0.05) is 104 Å².